The molecule has 1 aromatic rings. The van der Waals surface area contributed by atoms with Gasteiger partial charge in [0.15, 0.2) is 0 Å². The van der Waals surface area contributed by atoms with E-state index in [2.05, 4.69) is 12.2 Å². The monoisotopic (exact) mass is 342 g/mol. The molecule has 0 bridgehead atoms. The fourth-order valence-electron chi connectivity index (χ4n) is 3.47. The van der Waals surface area contributed by atoms with Gasteiger partial charge in [-0.05, 0) is 51.3 Å². The van der Waals surface area contributed by atoms with Gasteiger partial charge in [0.05, 0.1) is 18.9 Å². The van der Waals surface area contributed by atoms with Crippen molar-refractivity contribution in [1.82, 2.24) is 10.2 Å². The third-order valence-electron chi connectivity index (χ3n) is 4.66. The van der Waals surface area contributed by atoms with Crippen LogP contribution in [0.2, 0.25) is 0 Å². The zero-order chi connectivity index (χ0) is 15.4. The highest BCUT2D eigenvalue weighted by molar-refractivity contribution is 5.85. The molecular weight excluding hydrogens is 316 g/mol. The van der Waals surface area contributed by atoms with Crippen LogP contribution in [0.4, 0.5) is 0 Å². The lowest BCUT2D eigenvalue weighted by Gasteiger charge is -2.33. The summed E-state index contributed by atoms with van der Waals surface area (Å²) in [5.74, 6) is 1.21. The molecule has 0 aromatic carbocycles. The molecule has 3 atom stereocenters. The van der Waals surface area contributed by atoms with E-state index in [0.29, 0.717) is 19.1 Å². The van der Waals surface area contributed by atoms with E-state index in [9.17, 15) is 4.79 Å². The minimum absolute atomic E-state index is 0. The first-order valence-corrected chi connectivity index (χ1v) is 8.38. The van der Waals surface area contributed by atoms with E-state index in [4.69, 9.17) is 9.15 Å². The molecule has 0 radical (unpaired) electrons. The van der Waals surface area contributed by atoms with E-state index in [1.54, 1.807) is 6.26 Å². The van der Waals surface area contributed by atoms with Gasteiger partial charge in [0, 0.05) is 25.1 Å². The largest absolute Gasteiger partial charge is 0.467 e. The smallest absolute Gasteiger partial charge is 0.226 e. The molecule has 130 valence electrons. The Balaban J connectivity index is 0.00000192. The highest BCUT2D eigenvalue weighted by Gasteiger charge is 2.31. The maximum atomic E-state index is 13.0. The van der Waals surface area contributed by atoms with E-state index in [1.807, 2.05) is 17.0 Å². The Hall–Kier alpha value is -1.04. The minimum Gasteiger partial charge on any atom is -0.467 e. The number of halogens is 1. The Morgan fingerprint density at radius 1 is 1.43 bits per heavy atom. The number of carbonyl (C=O) groups excluding carboxylic acids is 1. The molecule has 0 aliphatic carbocycles. The summed E-state index contributed by atoms with van der Waals surface area (Å²) in [4.78, 5) is 14.9. The third-order valence-corrected chi connectivity index (χ3v) is 4.66. The Morgan fingerprint density at radius 2 is 2.30 bits per heavy atom. The van der Waals surface area contributed by atoms with Crippen molar-refractivity contribution in [2.24, 2.45) is 5.92 Å². The van der Waals surface area contributed by atoms with Crippen LogP contribution in [0, 0.1) is 5.92 Å². The van der Waals surface area contributed by atoms with E-state index < -0.39 is 0 Å². The molecule has 2 aliphatic rings. The molecule has 0 saturated carbocycles. The van der Waals surface area contributed by atoms with Crippen molar-refractivity contribution >= 4 is 18.3 Å². The van der Waals surface area contributed by atoms with Crippen molar-refractivity contribution in [3.05, 3.63) is 24.2 Å². The van der Waals surface area contributed by atoms with Crippen LogP contribution in [0.15, 0.2) is 22.8 Å². The molecule has 5 nitrogen and oxygen atoms in total. The van der Waals surface area contributed by atoms with Crippen molar-refractivity contribution in [3.8, 4) is 0 Å². The molecule has 2 saturated heterocycles. The number of nitrogens with zero attached hydrogens (tertiary/aromatic N) is 1. The lowest BCUT2D eigenvalue weighted by molar-refractivity contribution is -0.139. The van der Waals surface area contributed by atoms with Crippen molar-refractivity contribution in [3.63, 3.8) is 0 Å². The predicted molar refractivity (Wildman–Crippen MR) is 90.5 cm³/mol. The molecule has 1 N–H and O–H groups in total. The molecule has 1 aromatic heterocycles. The van der Waals surface area contributed by atoms with Crippen LogP contribution in [0.1, 0.15) is 38.4 Å². The summed E-state index contributed by atoms with van der Waals surface area (Å²) in [5.41, 5.74) is 0. The number of piperidine rings is 1. The molecule has 1 unspecified atom stereocenters. The summed E-state index contributed by atoms with van der Waals surface area (Å²) < 4.78 is 11.2. The molecule has 3 heterocycles. The fourth-order valence-corrected chi connectivity index (χ4v) is 3.47. The van der Waals surface area contributed by atoms with Crippen LogP contribution in [-0.4, -0.2) is 42.6 Å². The lowest BCUT2D eigenvalue weighted by Crippen LogP contribution is -2.45. The molecule has 0 spiro atoms. The van der Waals surface area contributed by atoms with Crippen molar-refractivity contribution in [1.29, 1.82) is 0 Å². The topological polar surface area (TPSA) is 54.7 Å². The SMILES string of the molecule is C[C@H]1C[C@@H](C(=O)N(Cc2ccco2)CC2CCCO2)CCN1.Cl. The summed E-state index contributed by atoms with van der Waals surface area (Å²) >= 11 is 0. The van der Waals surface area contributed by atoms with E-state index in [-0.39, 0.29) is 30.3 Å². The van der Waals surface area contributed by atoms with Gasteiger partial charge in [0.1, 0.15) is 5.76 Å². The normalized spacial score (nSPS) is 27.4. The first-order valence-electron chi connectivity index (χ1n) is 8.38. The highest BCUT2D eigenvalue weighted by atomic mass is 35.5. The van der Waals surface area contributed by atoms with Gasteiger partial charge in [0.25, 0.3) is 0 Å². The third kappa shape index (κ3) is 4.96. The number of hydrogen-bond donors (Lipinski definition) is 1. The average molecular weight is 343 g/mol. The van der Waals surface area contributed by atoms with Gasteiger partial charge in [0.2, 0.25) is 5.91 Å². The molecule has 3 rings (SSSR count). The van der Waals surface area contributed by atoms with Gasteiger partial charge < -0.3 is 19.4 Å². The summed E-state index contributed by atoms with van der Waals surface area (Å²) in [5, 5.41) is 3.41. The number of hydrogen-bond acceptors (Lipinski definition) is 4. The second-order valence-electron chi connectivity index (χ2n) is 6.51. The predicted octanol–water partition coefficient (Wildman–Crippen LogP) is 2.60. The molecule has 6 heteroatoms. The molecule has 1 amide bonds. The molecule has 23 heavy (non-hydrogen) atoms. The van der Waals surface area contributed by atoms with Crippen LogP contribution < -0.4 is 5.32 Å². The highest BCUT2D eigenvalue weighted by Crippen LogP contribution is 2.22. The summed E-state index contributed by atoms with van der Waals surface area (Å²) in [6, 6.07) is 4.22. The zero-order valence-electron chi connectivity index (χ0n) is 13.7. The second kappa shape index (κ2) is 8.71. The van der Waals surface area contributed by atoms with E-state index >= 15 is 0 Å². The van der Waals surface area contributed by atoms with Crippen molar-refractivity contribution in [2.45, 2.75) is 51.3 Å². The lowest BCUT2D eigenvalue weighted by atomic mass is 9.92. The number of ether oxygens (including phenoxy) is 1. The van der Waals surface area contributed by atoms with Crippen LogP contribution in [-0.2, 0) is 16.1 Å². The Morgan fingerprint density at radius 3 is 2.96 bits per heavy atom. The number of rotatable bonds is 5. The van der Waals surface area contributed by atoms with Crippen LogP contribution in [0.25, 0.3) is 0 Å². The average Bonchev–Trinajstić information content (AvgIpc) is 3.19. The molecule has 2 fully saturated rings. The van der Waals surface area contributed by atoms with Crippen molar-refractivity contribution < 1.29 is 13.9 Å². The summed E-state index contributed by atoms with van der Waals surface area (Å²) in [7, 11) is 0. The van der Waals surface area contributed by atoms with Gasteiger partial charge in [-0.15, -0.1) is 12.4 Å². The fraction of sp³-hybridized carbons (Fsp3) is 0.706. The Labute approximate surface area is 144 Å². The Kier molecular flexibility index (Phi) is 6.93. The number of carbonyl (C=O) groups is 1. The zero-order valence-corrected chi connectivity index (χ0v) is 14.5. The van der Waals surface area contributed by atoms with Gasteiger partial charge in [-0.1, -0.05) is 0 Å². The standard InChI is InChI=1S/C17H26N2O3.ClH/c1-13-10-14(6-7-18-13)17(20)19(11-15-4-2-8-21-15)12-16-5-3-9-22-16;/h2,4,8,13-14,16,18H,3,5-7,9-12H2,1H3;1H/t13-,14-,16?;/m0./s1. The van der Waals surface area contributed by atoms with Gasteiger partial charge in [-0.2, -0.15) is 0 Å². The Bertz CT molecular complexity index is 474. The number of furan rings is 1. The maximum Gasteiger partial charge on any atom is 0.226 e. The number of nitrogens with one attached hydrogen (secondary N) is 1. The maximum absolute atomic E-state index is 13.0. The minimum atomic E-state index is 0. The van der Waals surface area contributed by atoms with E-state index in [1.165, 1.54) is 0 Å². The first kappa shape index (κ1) is 18.3. The van der Waals surface area contributed by atoms with Crippen LogP contribution in [0.3, 0.4) is 0 Å². The quantitative estimate of drug-likeness (QED) is 0.893. The molecule has 2 aliphatic heterocycles. The van der Waals surface area contributed by atoms with Crippen molar-refractivity contribution in [2.75, 3.05) is 19.7 Å². The van der Waals surface area contributed by atoms with Gasteiger partial charge in [-0.25, -0.2) is 0 Å². The first-order chi connectivity index (χ1) is 10.7. The summed E-state index contributed by atoms with van der Waals surface area (Å²) in [6.45, 7) is 5.11. The number of amides is 1. The molecular formula is C17H27ClN2O3. The van der Waals surface area contributed by atoms with Crippen LogP contribution in [0.5, 0.6) is 0 Å². The summed E-state index contributed by atoms with van der Waals surface area (Å²) in [6.07, 6.45) is 5.82. The van der Waals surface area contributed by atoms with E-state index in [0.717, 1.165) is 44.6 Å². The van der Waals surface area contributed by atoms with Gasteiger partial charge in [-0.3, -0.25) is 4.79 Å². The van der Waals surface area contributed by atoms with Crippen LogP contribution >= 0.6 is 12.4 Å². The van der Waals surface area contributed by atoms with Gasteiger partial charge >= 0.3 is 0 Å². The second-order valence-corrected chi connectivity index (χ2v) is 6.51.